The molecule has 0 aliphatic carbocycles. The minimum absolute atomic E-state index is 0.0558. The summed E-state index contributed by atoms with van der Waals surface area (Å²) in [6.45, 7) is 0.0558. The molecule has 0 saturated carbocycles. The first-order valence-electron chi connectivity index (χ1n) is 8.54. The van der Waals surface area contributed by atoms with Crippen molar-refractivity contribution in [3.8, 4) is 0 Å². The van der Waals surface area contributed by atoms with Gasteiger partial charge in [-0.05, 0) is 48.7 Å². The third-order valence-corrected chi connectivity index (χ3v) is 4.71. The summed E-state index contributed by atoms with van der Waals surface area (Å²) >= 11 is 0. The molecule has 3 aromatic rings. The Morgan fingerprint density at radius 3 is 2.85 bits per heavy atom. The fraction of sp³-hybridized carbons (Fsp3) is 0.250. The van der Waals surface area contributed by atoms with E-state index in [1.165, 1.54) is 17.2 Å². The number of alkyl halides is 1. The topological polar surface area (TPSA) is 45.3 Å². The highest BCUT2D eigenvalue weighted by Gasteiger charge is 2.35. The van der Waals surface area contributed by atoms with Crippen LogP contribution in [-0.4, -0.2) is 34.8 Å². The van der Waals surface area contributed by atoms with Crippen LogP contribution in [0.15, 0.2) is 54.7 Å². The molecule has 0 spiro atoms. The number of aromatic nitrogens is 1. The van der Waals surface area contributed by atoms with Crippen LogP contribution in [0.5, 0.6) is 0 Å². The number of hydroxylamine groups is 2. The van der Waals surface area contributed by atoms with Gasteiger partial charge in [0.25, 0.3) is 0 Å². The predicted molar refractivity (Wildman–Crippen MR) is 93.8 cm³/mol. The van der Waals surface area contributed by atoms with Gasteiger partial charge in [-0.1, -0.05) is 18.2 Å². The Hall–Kier alpha value is -2.73. The number of fused-ring (bicyclic) bond motifs is 1. The highest BCUT2D eigenvalue weighted by molar-refractivity contribution is 5.89. The molecule has 4 rings (SSSR count). The van der Waals surface area contributed by atoms with E-state index in [-0.39, 0.29) is 24.8 Å². The number of carbonyl (C=O) groups excluding carboxylic acids is 1. The molecular weight excluding hydrogens is 338 g/mol. The van der Waals surface area contributed by atoms with Gasteiger partial charge in [0.05, 0.1) is 18.2 Å². The molecule has 1 aromatic heterocycles. The molecule has 2 heterocycles. The van der Waals surface area contributed by atoms with Gasteiger partial charge in [0, 0.05) is 17.1 Å². The molecule has 0 radical (unpaired) electrons. The van der Waals surface area contributed by atoms with Crippen LogP contribution in [0.25, 0.3) is 10.9 Å². The Morgan fingerprint density at radius 2 is 2.04 bits per heavy atom. The molecule has 0 bridgehead atoms. The van der Waals surface area contributed by atoms with Gasteiger partial charge in [0.1, 0.15) is 12.0 Å². The van der Waals surface area contributed by atoms with Crippen molar-refractivity contribution in [2.24, 2.45) is 0 Å². The number of H-pyrrole nitrogens is 1. The normalized spacial score (nSPS) is 20.5. The molecule has 26 heavy (non-hydrogen) atoms. The molecule has 134 valence electrons. The number of nitrogens with one attached hydrogen (secondary N) is 1. The Kier molecular flexibility index (Phi) is 4.42. The van der Waals surface area contributed by atoms with Gasteiger partial charge in [-0.2, -0.15) is 0 Å². The smallest absolute Gasteiger partial charge is 0.357 e. The lowest BCUT2D eigenvalue weighted by Crippen LogP contribution is -2.33. The zero-order chi connectivity index (χ0) is 18.1. The third kappa shape index (κ3) is 3.32. The number of hydrogen-bond acceptors (Lipinski definition) is 3. The molecule has 2 atom stereocenters. The Labute approximate surface area is 149 Å². The van der Waals surface area contributed by atoms with E-state index in [9.17, 15) is 13.6 Å². The number of aromatic amines is 1. The van der Waals surface area contributed by atoms with Crippen LogP contribution in [-0.2, 0) is 11.3 Å². The number of benzene rings is 2. The summed E-state index contributed by atoms with van der Waals surface area (Å²) in [7, 11) is 0. The van der Waals surface area contributed by atoms with Gasteiger partial charge in [-0.15, -0.1) is 5.06 Å². The van der Waals surface area contributed by atoms with Crippen LogP contribution in [0.4, 0.5) is 8.78 Å². The molecule has 1 aliphatic heterocycles. The third-order valence-electron chi connectivity index (χ3n) is 4.71. The fourth-order valence-corrected chi connectivity index (χ4v) is 3.44. The van der Waals surface area contributed by atoms with E-state index < -0.39 is 12.1 Å². The SMILES string of the molecule is O=C(ON1C[C@@H](F)C[C@H]1Cc1c[nH]c2cc(F)ccc12)c1ccccc1. The maximum atomic E-state index is 14.0. The van der Waals surface area contributed by atoms with Crippen molar-refractivity contribution < 1.29 is 18.4 Å². The van der Waals surface area contributed by atoms with Crippen molar-refractivity contribution in [3.05, 3.63) is 71.7 Å². The summed E-state index contributed by atoms with van der Waals surface area (Å²) in [6, 6.07) is 12.9. The second-order valence-corrected chi connectivity index (χ2v) is 6.54. The van der Waals surface area contributed by atoms with Crippen molar-refractivity contribution in [3.63, 3.8) is 0 Å². The summed E-state index contributed by atoms with van der Waals surface area (Å²) in [5.74, 6) is -0.806. The number of rotatable bonds is 4. The second kappa shape index (κ2) is 6.88. The monoisotopic (exact) mass is 356 g/mol. The minimum Gasteiger partial charge on any atom is -0.363 e. The molecule has 1 N–H and O–H groups in total. The van der Waals surface area contributed by atoms with Gasteiger partial charge < -0.3 is 9.82 Å². The van der Waals surface area contributed by atoms with E-state index >= 15 is 0 Å². The number of halogens is 2. The second-order valence-electron chi connectivity index (χ2n) is 6.54. The molecule has 0 unspecified atom stereocenters. The van der Waals surface area contributed by atoms with Crippen LogP contribution in [0.2, 0.25) is 0 Å². The number of nitrogens with zero attached hydrogens (tertiary/aromatic N) is 1. The lowest BCUT2D eigenvalue weighted by Gasteiger charge is -2.22. The lowest BCUT2D eigenvalue weighted by atomic mass is 10.0. The Morgan fingerprint density at radius 1 is 1.23 bits per heavy atom. The molecule has 0 amide bonds. The molecule has 2 aromatic carbocycles. The summed E-state index contributed by atoms with van der Waals surface area (Å²) in [5, 5.41) is 2.32. The Balaban J connectivity index is 1.51. The molecule has 1 aliphatic rings. The molecular formula is C20H18F2N2O2. The standard InChI is InChI=1S/C20H18F2N2O2/c21-15-6-7-18-14(11-23-19(18)10-15)8-17-9-16(22)12-24(17)26-20(25)13-4-2-1-3-5-13/h1-7,10-11,16-17,23H,8-9,12H2/t16-,17+/m0/s1. The van der Waals surface area contributed by atoms with Crippen LogP contribution >= 0.6 is 0 Å². The molecule has 4 nitrogen and oxygen atoms in total. The zero-order valence-corrected chi connectivity index (χ0v) is 14.0. The predicted octanol–water partition coefficient (Wildman–Crippen LogP) is 4.03. The highest BCUT2D eigenvalue weighted by Crippen LogP contribution is 2.28. The van der Waals surface area contributed by atoms with E-state index in [0.717, 1.165) is 10.9 Å². The molecule has 1 saturated heterocycles. The first-order valence-corrected chi connectivity index (χ1v) is 8.54. The van der Waals surface area contributed by atoms with Gasteiger partial charge in [-0.3, -0.25) is 0 Å². The highest BCUT2D eigenvalue weighted by atomic mass is 19.1. The van der Waals surface area contributed by atoms with Crippen LogP contribution in [0.3, 0.4) is 0 Å². The van der Waals surface area contributed by atoms with Crippen LogP contribution < -0.4 is 0 Å². The van der Waals surface area contributed by atoms with Crippen molar-refractivity contribution in [2.45, 2.75) is 25.1 Å². The fourth-order valence-electron chi connectivity index (χ4n) is 3.44. The molecule has 1 fully saturated rings. The summed E-state index contributed by atoms with van der Waals surface area (Å²) in [4.78, 5) is 20.8. The maximum Gasteiger partial charge on any atom is 0.357 e. The average Bonchev–Trinajstić information content (AvgIpc) is 3.19. The van der Waals surface area contributed by atoms with Crippen molar-refractivity contribution in [1.82, 2.24) is 10.0 Å². The van der Waals surface area contributed by atoms with E-state index in [1.54, 1.807) is 36.5 Å². The average molecular weight is 356 g/mol. The quantitative estimate of drug-likeness (QED) is 0.768. The van der Waals surface area contributed by atoms with Gasteiger partial charge >= 0.3 is 5.97 Å². The molecule has 6 heteroatoms. The number of hydrogen-bond donors (Lipinski definition) is 1. The largest absolute Gasteiger partial charge is 0.363 e. The van der Waals surface area contributed by atoms with Gasteiger partial charge in [-0.25, -0.2) is 13.6 Å². The minimum atomic E-state index is -1.05. The summed E-state index contributed by atoms with van der Waals surface area (Å²) in [6.07, 6.45) is 1.54. The van der Waals surface area contributed by atoms with Crippen LogP contribution in [0, 0.1) is 5.82 Å². The van der Waals surface area contributed by atoms with Crippen molar-refractivity contribution in [1.29, 1.82) is 0 Å². The first kappa shape index (κ1) is 16.7. The van der Waals surface area contributed by atoms with Crippen molar-refractivity contribution >= 4 is 16.9 Å². The van der Waals surface area contributed by atoms with E-state index in [0.29, 0.717) is 17.5 Å². The van der Waals surface area contributed by atoms with Crippen LogP contribution in [0.1, 0.15) is 22.3 Å². The van der Waals surface area contributed by atoms with Gasteiger partial charge in [0.15, 0.2) is 0 Å². The van der Waals surface area contributed by atoms with E-state index in [1.807, 2.05) is 6.07 Å². The first-order chi connectivity index (χ1) is 12.6. The summed E-state index contributed by atoms with van der Waals surface area (Å²) in [5.41, 5.74) is 2.07. The van der Waals surface area contributed by atoms with E-state index in [4.69, 9.17) is 4.84 Å². The van der Waals surface area contributed by atoms with Gasteiger partial charge in [0.2, 0.25) is 0 Å². The maximum absolute atomic E-state index is 14.0. The lowest BCUT2D eigenvalue weighted by molar-refractivity contribution is -0.120. The van der Waals surface area contributed by atoms with E-state index in [2.05, 4.69) is 4.98 Å². The van der Waals surface area contributed by atoms with Crippen molar-refractivity contribution in [2.75, 3.05) is 6.54 Å². The Bertz CT molecular complexity index is 926. The number of carbonyl (C=O) groups is 1. The zero-order valence-electron chi connectivity index (χ0n) is 14.0. The summed E-state index contributed by atoms with van der Waals surface area (Å²) < 4.78 is 27.3.